The number of aromatic amines is 1. The predicted molar refractivity (Wildman–Crippen MR) is 103 cm³/mol. The molecular formula is C22H19N3O3. The zero-order valence-corrected chi connectivity index (χ0v) is 15.2. The molecule has 0 bridgehead atoms. The van der Waals surface area contributed by atoms with E-state index in [-0.39, 0.29) is 6.10 Å². The van der Waals surface area contributed by atoms with Gasteiger partial charge in [0, 0.05) is 17.7 Å². The van der Waals surface area contributed by atoms with Crippen LogP contribution in [0.1, 0.15) is 47.0 Å². The van der Waals surface area contributed by atoms with Crippen molar-refractivity contribution >= 4 is 6.29 Å². The Balaban J connectivity index is 1.75. The first-order chi connectivity index (χ1) is 13.8. The van der Waals surface area contributed by atoms with E-state index in [2.05, 4.69) is 16.3 Å². The van der Waals surface area contributed by atoms with Crippen LogP contribution in [0.2, 0.25) is 0 Å². The second-order valence-electron chi connectivity index (χ2n) is 6.65. The van der Waals surface area contributed by atoms with Crippen LogP contribution in [0.4, 0.5) is 0 Å². The van der Waals surface area contributed by atoms with E-state index in [0.717, 1.165) is 36.8 Å². The maximum absolute atomic E-state index is 11.2. The number of H-pyrrole nitrogens is 1. The Morgan fingerprint density at radius 2 is 2.07 bits per heavy atom. The Labute approximate surface area is 162 Å². The minimum absolute atomic E-state index is 0.113. The lowest BCUT2D eigenvalue weighted by Crippen LogP contribution is -2.12. The average Bonchev–Trinajstić information content (AvgIpc) is 3.18. The van der Waals surface area contributed by atoms with Crippen LogP contribution < -0.4 is 4.74 Å². The van der Waals surface area contributed by atoms with Crippen molar-refractivity contribution in [2.45, 2.75) is 25.4 Å². The van der Waals surface area contributed by atoms with Crippen molar-refractivity contribution < 1.29 is 14.3 Å². The maximum Gasteiger partial charge on any atom is 0.178 e. The van der Waals surface area contributed by atoms with Gasteiger partial charge in [-0.3, -0.25) is 9.89 Å². The van der Waals surface area contributed by atoms with Crippen LogP contribution in [0.5, 0.6) is 11.5 Å². The van der Waals surface area contributed by atoms with E-state index in [9.17, 15) is 4.79 Å². The van der Waals surface area contributed by atoms with E-state index < -0.39 is 0 Å². The lowest BCUT2D eigenvalue weighted by Gasteiger charge is -2.22. The fourth-order valence-corrected chi connectivity index (χ4v) is 3.31. The minimum atomic E-state index is -0.113. The molecule has 0 amide bonds. The molecular weight excluding hydrogens is 354 g/mol. The van der Waals surface area contributed by atoms with Crippen LogP contribution in [-0.4, -0.2) is 23.1 Å². The summed E-state index contributed by atoms with van der Waals surface area (Å²) in [5, 5.41) is 16.5. The van der Waals surface area contributed by atoms with Gasteiger partial charge in [-0.25, -0.2) is 0 Å². The Bertz CT molecular complexity index is 1010. The van der Waals surface area contributed by atoms with E-state index in [1.165, 1.54) is 0 Å². The van der Waals surface area contributed by atoms with E-state index in [0.29, 0.717) is 34.9 Å². The first-order valence-electron chi connectivity index (χ1n) is 9.22. The molecule has 0 spiro atoms. The molecule has 140 valence electrons. The zero-order valence-electron chi connectivity index (χ0n) is 15.2. The van der Waals surface area contributed by atoms with Crippen LogP contribution in [0.25, 0.3) is 11.3 Å². The van der Waals surface area contributed by atoms with Crippen LogP contribution in [0.3, 0.4) is 0 Å². The molecule has 1 unspecified atom stereocenters. The van der Waals surface area contributed by atoms with Crippen molar-refractivity contribution in [2.75, 3.05) is 6.61 Å². The highest BCUT2D eigenvalue weighted by Gasteiger charge is 2.26. The van der Waals surface area contributed by atoms with E-state index >= 15 is 0 Å². The summed E-state index contributed by atoms with van der Waals surface area (Å²) in [5.74, 6) is 1.19. The van der Waals surface area contributed by atoms with Gasteiger partial charge in [0.2, 0.25) is 0 Å². The van der Waals surface area contributed by atoms with Gasteiger partial charge in [0.05, 0.1) is 11.6 Å². The number of aldehydes is 1. The summed E-state index contributed by atoms with van der Waals surface area (Å²) >= 11 is 0. The highest BCUT2D eigenvalue weighted by Crippen LogP contribution is 2.41. The molecule has 1 fully saturated rings. The summed E-state index contributed by atoms with van der Waals surface area (Å²) in [5.41, 5.74) is 3.33. The van der Waals surface area contributed by atoms with Gasteiger partial charge in [-0.05, 0) is 49.6 Å². The summed E-state index contributed by atoms with van der Waals surface area (Å²) in [6, 6.07) is 16.2. The first-order valence-corrected chi connectivity index (χ1v) is 9.22. The van der Waals surface area contributed by atoms with Crippen molar-refractivity contribution in [3.8, 4) is 28.8 Å². The standard InChI is InChI=1S/C22H19N3O3/c23-13-15-7-9-18(10-8-15)28-22-20(17-5-3-4-16(12-17)14-26)24-25-21(22)19-6-1-2-11-27-19/h3-5,7-10,12,14,19H,1-2,6,11H2,(H,24,25). The van der Waals surface area contributed by atoms with Crippen LogP contribution >= 0.6 is 0 Å². The molecule has 2 heterocycles. The molecule has 3 aromatic rings. The van der Waals surface area contributed by atoms with Crippen LogP contribution in [0.15, 0.2) is 48.5 Å². The summed E-state index contributed by atoms with van der Waals surface area (Å²) in [7, 11) is 0. The number of benzene rings is 2. The fourth-order valence-electron chi connectivity index (χ4n) is 3.31. The van der Waals surface area contributed by atoms with Gasteiger partial charge in [0.15, 0.2) is 5.75 Å². The van der Waals surface area contributed by atoms with Gasteiger partial charge in [0.25, 0.3) is 0 Å². The third-order valence-corrected chi connectivity index (χ3v) is 4.75. The van der Waals surface area contributed by atoms with Gasteiger partial charge >= 0.3 is 0 Å². The normalized spacial score (nSPS) is 16.3. The van der Waals surface area contributed by atoms with Crippen molar-refractivity contribution in [3.05, 3.63) is 65.4 Å². The molecule has 0 saturated carbocycles. The Morgan fingerprint density at radius 3 is 2.79 bits per heavy atom. The molecule has 1 aromatic heterocycles. The van der Waals surface area contributed by atoms with Crippen molar-refractivity contribution in [3.63, 3.8) is 0 Å². The summed E-state index contributed by atoms with van der Waals surface area (Å²) in [4.78, 5) is 11.2. The summed E-state index contributed by atoms with van der Waals surface area (Å²) in [6.45, 7) is 0.704. The van der Waals surface area contributed by atoms with Gasteiger partial charge < -0.3 is 9.47 Å². The molecule has 4 rings (SSSR count). The van der Waals surface area contributed by atoms with E-state index in [1.807, 2.05) is 12.1 Å². The average molecular weight is 373 g/mol. The number of hydrogen-bond acceptors (Lipinski definition) is 5. The van der Waals surface area contributed by atoms with Crippen LogP contribution in [0, 0.1) is 11.3 Å². The molecule has 1 N–H and O–H groups in total. The molecule has 0 aliphatic carbocycles. The monoisotopic (exact) mass is 373 g/mol. The Morgan fingerprint density at radius 1 is 1.21 bits per heavy atom. The van der Waals surface area contributed by atoms with Crippen molar-refractivity contribution in [1.82, 2.24) is 10.2 Å². The lowest BCUT2D eigenvalue weighted by atomic mass is 10.0. The molecule has 2 aromatic carbocycles. The zero-order chi connectivity index (χ0) is 19.3. The van der Waals surface area contributed by atoms with Crippen molar-refractivity contribution in [2.24, 2.45) is 0 Å². The van der Waals surface area contributed by atoms with E-state index in [4.69, 9.17) is 14.7 Å². The number of nitrogens with zero attached hydrogens (tertiary/aromatic N) is 2. The molecule has 1 atom stereocenters. The number of aromatic nitrogens is 2. The first kappa shape index (κ1) is 18.0. The second-order valence-corrected chi connectivity index (χ2v) is 6.65. The molecule has 1 aliphatic rings. The number of hydrogen-bond donors (Lipinski definition) is 1. The number of nitrogens with one attached hydrogen (secondary N) is 1. The van der Waals surface area contributed by atoms with Gasteiger partial charge in [-0.2, -0.15) is 10.4 Å². The molecule has 28 heavy (non-hydrogen) atoms. The number of nitriles is 1. The third-order valence-electron chi connectivity index (χ3n) is 4.75. The van der Waals surface area contributed by atoms with Crippen molar-refractivity contribution in [1.29, 1.82) is 5.26 Å². The molecule has 1 saturated heterocycles. The second kappa shape index (κ2) is 8.07. The predicted octanol–water partition coefficient (Wildman–Crippen LogP) is 4.79. The maximum atomic E-state index is 11.2. The lowest BCUT2D eigenvalue weighted by molar-refractivity contribution is 0.0112. The third kappa shape index (κ3) is 3.66. The largest absolute Gasteiger partial charge is 0.453 e. The highest BCUT2D eigenvalue weighted by atomic mass is 16.5. The van der Waals surface area contributed by atoms with Gasteiger partial charge in [0.1, 0.15) is 29.5 Å². The fraction of sp³-hybridized carbons (Fsp3) is 0.227. The quantitative estimate of drug-likeness (QED) is 0.649. The van der Waals surface area contributed by atoms with Gasteiger partial charge in [-0.15, -0.1) is 0 Å². The minimum Gasteiger partial charge on any atom is -0.453 e. The number of carbonyl (C=O) groups excluding carboxylic acids is 1. The molecule has 0 radical (unpaired) electrons. The summed E-state index contributed by atoms with van der Waals surface area (Å²) < 4.78 is 12.1. The Hall–Kier alpha value is -3.43. The number of carbonyl (C=O) groups is 1. The Kier molecular flexibility index (Phi) is 5.18. The number of rotatable bonds is 5. The topological polar surface area (TPSA) is 88.0 Å². The van der Waals surface area contributed by atoms with Gasteiger partial charge in [-0.1, -0.05) is 18.2 Å². The molecule has 1 aliphatic heterocycles. The summed E-state index contributed by atoms with van der Waals surface area (Å²) in [6.07, 6.45) is 3.71. The van der Waals surface area contributed by atoms with Crippen LogP contribution in [-0.2, 0) is 4.74 Å². The SMILES string of the molecule is N#Cc1ccc(Oc2c(-c3cccc(C=O)c3)n[nH]c2C2CCCCO2)cc1. The smallest absolute Gasteiger partial charge is 0.178 e. The molecule has 6 heteroatoms. The molecule has 6 nitrogen and oxygen atoms in total. The number of ether oxygens (including phenoxy) is 2. The highest BCUT2D eigenvalue weighted by molar-refractivity contribution is 5.79. The van der Waals surface area contributed by atoms with E-state index in [1.54, 1.807) is 36.4 Å².